The first-order valence-corrected chi connectivity index (χ1v) is 11.9. The zero-order chi connectivity index (χ0) is 23.8. The van der Waals surface area contributed by atoms with Crippen molar-refractivity contribution < 1.29 is 23.9 Å². The Labute approximate surface area is 195 Å². The van der Waals surface area contributed by atoms with Crippen LogP contribution in [0.25, 0.3) is 0 Å². The molecule has 8 nitrogen and oxygen atoms in total. The van der Waals surface area contributed by atoms with Crippen molar-refractivity contribution in [3.8, 4) is 0 Å². The van der Waals surface area contributed by atoms with E-state index in [1.807, 2.05) is 30.3 Å². The number of likely N-dealkylation sites (N-methyl/N-ethyl adjacent to an activating group) is 1. The van der Waals surface area contributed by atoms with Crippen LogP contribution in [-0.2, 0) is 30.3 Å². The zero-order valence-corrected chi connectivity index (χ0v) is 19.7. The normalized spacial score (nSPS) is 20.8. The summed E-state index contributed by atoms with van der Waals surface area (Å²) in [6, 6.07) is 9.60. The summed E-state index contributed by atoms with van der Waals surface area (Å²) in [5.74, 6) is -1.11. The Kier molecular flexibility index (Phi) is 8.86. The van der Waals surface area contributed by atoms with E-state index in [1.54, 1.807) is 23.8 Å². The molecule has 3 amide bonds. The molecule has 2 heterocycles. The van der Waals surface area contributed by atoms with Crippen molar-refractivity contribution in [1.82, 2.24) is 14.7 Å². The van der Waals surface area contributed by atoms with E-state index in [-0.39, 0.29) is 42.1 Å². The highest BCUT2D eigenvalue weighted by Crippen LogP contribution is 2.21. The summed E-state index contributed by atoms with van der Waals surface area (Å²) in [5, 5.41) is 0. The second-order valence-electron chi connectivity index (χ2n) is 8.97. The summed E-state index contributed by atoms with van der Waals surface area (Å²) in [5.41, 5.74) is 0.960. The lowest BCUT2D eigenvalue weighted by Gasteiger charge is -2.35. The van der Waals surface area contributed by atoms with Crippen molar-refractivity contribution in [1.29, 1.82) is 0 Å². The highest BCUT2D eigenvalue weighted by Gasteiger charge is 2.33. The van der Waals surface area contributed by atoms with Crippen LogP contribution in [0.1, 0.15) is 38.2 Å². The molecular weight excluding hydrogens is 422 g/mol. The molecule has 0 aliphatic carbocycles. The van der Waals surface area contributed by atoms with Crippen molar-refractivity contribution in [2.75, 3.05) is 46.4 Å². The number of carbonyl (C=O) groups is 4. The van der Waals surface area contributed by atoms with Crippen LogP contribution >= 0.6 is 0 Å². The number of nitrogens with zero attached hydrogens (tertiary/aromatic N) is 3. The van der Waals surface area contributed by atoms with Crippen LogP contribution in [-0.4, -0.2) is 84.8 Å². The average Bonchev–Trinajstić information content (AvgIpc) is 2.84. The van der Waals surface area contributed by atoms with Gasteiger partial charge in [0.25, 0.3) is 0 Å². The van der Waals surface area contributed by atoms with Gasteiger partial charge in [-0.25, -0.2) is 0 Å². The molecule has 0 bridgehead atoms. The zero-order valence-electron chi connectivity index (χ0n) is 19.7. The van der Waals surface area contributed by atoms with Gasteiger partial charge in [-0.3, -0.25) is 19.2 Å². The Morgan fingerprint density at radius 2 is 1.55 bits per heavy atom. The van der Waals surface area contributed by atoms with Crippen molar-refractivity contribution in [3.05, 3.63) is 35.9 Å². The summed E-state index contributed by atoms with van der Waals surface area (Å²) in [7, 11) is 1.64. The molecule has 1 aromatic rings. The predicted molar refractivity (Wildman–Crippen MR) is 123 cm³/mol. The van der Waals surface area contributed by atoms with Gasteiger partial charge >= 0.3 is 5.97 Å². The Balaban J connectivity index is 1.51. The number of amides is 3. The Bertz CT molecular complexity index is 844. The molecule has 2 fully saturated rings. The highest BCUT2D eigenvalue weighted by molar-refractivity contribution is 5.87. The van der Waals surface area contributed by atoms with Gasteiger partial charge < -0.3 is 19.4 Å². The Morgan fingerprint density at radius 1 is 0.939 bits per heavy atom. The molecule has 0 radical (unpaired) electrons. The Morgan fingerprint density at radius 3 is 2.21 bits per heavy atom. The van der Waals surface area contributed by atoms with E-state index in [4.69, 9.17) is 4.74 Å². The molecule has 3 rings (SSSR count). The molecule has 2 aliphatic heterocycles. The molecule has 2 aliphatic rings. The van der Waals surface area contributed by atoms with Crippen molar-refractivity contribution in [2.45, 2.75) is 39.0 Å². The molecule has 1 aromatic carbocycles. The van der Waals surface area contributed by atoms with Crippen molar-refractivity contribution >= 4 is 23.7 Å². The fourth-order valence-corrected chi connectivity index (χ4v) is 4.64. The summed E-state index contributed by atoms with van der Waals surface area (Å²) < 4.78 is 5.10. The van der Waals surface area contributed by atoms with Crippen LogP contribution in [0.5, 0.6) is 0 Å². The molecular formula is C25H35N3O5. The maximum absolute atomic E-state index is 13.0. The molecule has 0 spiro atoms. The summed E-state index contributed by atoms with van der Waals surface area (Å²) >= 11 is 0. The average molecular weight is 458 g/mol. The molecule has 0 aromatic heterocycles. The topological polar surface area (TPSA) is 87.2 Å². The van der Waals surface area contributed by atoms with E-state index >= 15 is 0 Å². The van der Waals surface area contributed by atoms with Gasteiger partial charge in [-0.15, -0.1) is 0 Å². The molecule has 2 atom stereocenters. The maximum atomic E-state index is 13.0. The minimum atomic E-state index is -0.301. The van der Waals surface area contributed by atoms with Crippen molar-refractivity contribution in [2.24, 2.45) is 11.8 Å². The SMILES string of the molecule is CCOC(=O)C1CCCN(C(=O)CN(C)C(=O)C2CCCN(C(=O)Cc3ccccc3)C2)C1. The molecule has 0 saturated carbocycles. The van der Waals surface area contributed by atoms with Gasteiger partial charge in [-0.1, -0.05) is 30.3 Å². The van der Waals surface area contributed by atoms with Crippen LogP contribution in [0.2, 0.25) is 0 Å². The largest absolute Gasteiger partial charge is 0.466 e. The second-order valence-corrected chi connectivity index (χ2v) is 8.97. The van der Waals surface area contributed by atoms with Gasteiger partial charge in [0.1, 0.15) is 0 Å². The van der Waals surface area contributed by atoms with Crippen LogP contribution in [0.4, 0.5) is 0 Å². The smallest absolute Gasteiger partial charge is 0.310 e. The van der Waals surface area contributed by atoms with Gasteiger partial charge in [0.2, 0.25) is 17.7 Å². The van der Waals surface area contributed by atoms with Crippen molar-refractivity contribution in [3.63, 3.8) is 0 Å². The third-order valence-electron chi connectivity index (χ3n) is 6.46. The lowest BCUT2D eigenvalue weighted by atomic mass is 9.95. The molecule has 0 N–H and O–H groups in total. The second kappa shape index (κ2) is 11.8. The third kappa shape index (κ3) is 6.79. The molecule has 33 heavy (non-hydrogen) atoms. The van der Waals surface area contributed by atoms with Gasteiger partial charge in [-0.2, -0.15) is 0 Å². The lowest BCUT2D eigenvalue weighted by Crippen LogP contribution is -2.50. The van der Waals surface area contributed by atoms with E-state index < -0.39 is 0 Å². The fraction of sp³-hybridized carbons (Fsp3) is 0.600. The number of hydrogen-bond acceptors (Lipinski definition) is 5. The van der Waals surface area contributed by atoms with Gasteiger partial charge in [0, 0.05) is 33.2 Å². The first-order valence-electron chi connectivity index (χ1n) is 11.9. The third-order valence-corrected chi connectivity index (χ3v) is 6.46. The molecule has 2 unspecified atom stereocenters. The highest BCUT2D eigenvalue weighted by atomic mass is 16.5. The van der Waals surface area contributed by atoms with E-state index in [2.05, 4.69) is 0 Å². The number of esters is 1. The number of ether oxygens (including phenoxy) is 1. The number of likely N-dealkylation sites (tertiary alicyclic amines) is 2. The van der Waals surface area contributed by atoms with Crippen LogP contribution in [0.3, 0.4) is 0 Å². The number of hydrogen-bond donors (Lipinski definition) is 0. The summed E-state index contributed by atoms with van der Waals surface area (Å²) in [4.78, 5) is 55.5. The number of benzene rings is 1. The number of piperidine rings is 2. The quantitative estimate of drug-likeness (QED) is 0.582. The first-order chi connectivity index (χ1) is 15.9. The first kappa shape index (κ1) is 24.7. The fourth-order valence-electron chi connectivity index (χ4n) is 4.64. The summed E-state index contributed by atoms with van der Waals surface area (Å²) in [6.07, 6.45) is 3.26. The molecule has 2 saturated heterocycles. The monoisotopic (exact) mass is 457 g/mol. The predicted octanol–water partition coefficient (Wildman–Crippen LogP) is 1.73. The van der Waals surface area contributed by atoms with Crippen LogP contribution in [0, 0.1) is 11.8 Å². The van der Waals surface area contributed by atoms with Gasteiger partial charge in [-0.05, 0) is 38.2 Å². The minimum Gasteiger partial charge on any atom is -0.466 e. The molecule has 180 valence electrons. The number of rotatable bonds is 7. The summed E-state index contributed by atoms with van der Waals surface area (Å²) in [6.45, 7) is 4.03. The molecule has 8 heteroatoms. The van der Waals surface area contributed by atoms with E-state index in [0.717, 1.165) is 18.4 Å². The van der Waals surface area contributed by atoms with E-state index in [1.165, 1.54) is 4.90 Å². The van der Waals surface area contributed by atoms with Gasteiger partial charge in [0.05, 0.1) is 31.4 Å². The van der Waals surface area contributed by atoms with Gasteiger partial charge in [0.15, 0.2) is 0 Å². The lowest BCUT2D eigenvalue weighted by molar-refractivity contribution is -0.152. The van der Waals surface area contributed by atoms with E-state index in [9.17, 15) is 19.2 Å². The number of carbonyl (C=O) groups excluding carboxylic acids is 4. The maximum Gasteiger partial charge on any atom is 0.310 e. The Hall–Kier alpha value is -2.90. The van der Waals surface area contributed by atoms with E-state index in [0.29, 0.717) is 52.0 Å². The van der Waals surface area contributed by atoms with Crippen LogP contribution < -0.4 is 0 Å². The van der Waals surface area contributed by atoms with Crippen LogP contribution in [0.15, 0.2) is 30.3 Å². The standard InChI is InChI=1S/C25H35N3O5/c1-3-33-25(32)21-12-8-14-28(17-21)23(30)18-26(2)24(31)20-11-7-13-27(16-20)22(29)15-19-9-5-4-6-10-19/h4-6,9-10,20-21H,3,7-8,11-18H2,1-2H3. The minimum absolute atomic E-state index is 0.0238.